The van der Waals surface area contributed by atoms with E-state index in [2.05, 4.69) is 15.6 Å². The first-order valence-corrected chi connectivity index (χ1v) is 20.8. The van der Waals surface area contributed by atoms with Crippen molar-refractivity contribution in [3.63, 3.8) is 0 Å². The fourth-order valence-corrected chi connectivity index (χ4v) is 12.7. The molecule has 2 saturated heterocycles. The smallest absolute Gasteiger partial charge is 0.266 e. The molecule has 4 atom stereocenters. The van der Waals surface area contributed by atoms with Crippen LogP contribution in [0, 0.1) is 0 Å². The predicted molar refractivity (Wildman–Crippen MR) is 186 cm³/mol. The lowest BCUT2D eigenvalue weighted by Crippen LogP contribution is -2.69. The Kier molecular flexibility index (Phi) is 7.49. The Hall–Kier alpha value is -2.36. The molecule has 14 heteroatoms. The Morgan fingerprint density at radius 3 is 2.30 bits per heavy atom. The van der Waals surface area contributed by atoms with Gasteiger partial charge in [0.2, 0.25) is 0 Å². The average Bonchev–Trinajstić information content (AvgIpc) is 3.67. The molecule has 3 aromatic carbocycles. The number of hydrogen-bond donors (Lipinski definition) is 1. The monoisotopic (exact) mass is 700 g/mol. The van der Waals surface area contributed by atoms with Gasteiger partial charge in [-0.05, 0) is 53.6 Å². The first kappa shape index (κ1) is 30.3. The van der Waals surface area contributed by atoms with Crippen LogP contribution >= 0.6 is 56.0 Å². The van der Waals surface area contributed by atoms with Gasteiger partial charge in [-0.15, -0.1) is 11.7 Å². The lowest BCUT2D eigenvalue weighted by molar-refractivity contribution is -0.157. The van der Waals surface area contributed by atoms with Crippen LogP contribution in [0.5, 0.6) is 0 Å². The Morgan fingerprint density at radius 2 is 1.59 bits per heavy atom. The lowest BCUT2D eigenvalue weighted by atomic mass is 9.72. The number of rotatable bonds is 7. The number of nitrogens with zero attached hydrogens (tertiary/aromatic N) is 4. The van der Waals surface area contributed by atoms with E-state index in [0.29, 0.717) is 5.69 Å². The van der Waals surface area contributed by atoms with Crippen molar-refractivity contribution >= 4 is 94.4 Å². The summed E-state index contributed by atoms with van der Waals surface area (Å²) >= 11 is 6.20. The zero-order valence-corrected chi connectivity index (χ0v) is 28.8. The highest BCUT2D eigenvalue weighted by molar-refractivity contribution is 8.76. The summed E-state index contributed by atoms with van der Waals surface area (Å²) in [4.78, 5) is 30.9. The Balaban J connectivity index is 1.61. The van der Waals surface area contributed by atoms with Crippen LogP contribution in [0.15, 0.2) is 90.0 Å². The molecule has 228 valence electrons. The topological polar surface area (TPSA) is 82.9 Å². The minimum Gasteiger partial charge on any atom is -0.322 e. The largest absolute Gasteiger partial charge is 0.322 e. The van der Waals surface area contributed by atoms with Crippen molar-refractivity contribution in [2.75, 3.05) is 23.9 Å². The van der Waals surface area contributed by atoms with Gasteiger partial charge in [0.15, 0.2) is 10.2 Å². The molecule has 4 heterocycles. The predicted octanol–water partition coefficient (Wildman–Crippen LogP) is 5.90. The maximum atomic E-state index is 14.8. The van der Waals surface area contributed by atoms with Crippen molar-refractivity contribution in [3.05, 3.63) is 96.2 Å². The molecule has 0 radical (unpaired) electrons. The second kappa shape index (κ2) is 10.9. The van der Waals surface area contributed by atoms with Crippen LogP contribution in [0.1, 0.15) is 17.5 Å². The summed E-state index contributed by atoms with van der Waals surface area (Å²) in [6.07, 6.45) is 4.95. The third-order valence-electron chi connectivity index (χ3n) is 8.89. The van der Waals surface area contributed by atoms with Crippen molar-refractivity contribution < 1.29 is 18.0 Å². The number of aromatic nitrogens is 1. The second-order valence-corrected chi connectivity index (χ2v) is 17.4. The SMILES string of the molecule is CSS[C@H]1C(=O)N2[C@H]3N(S(=O)(=O)c4ccccc4)c4ccccc4[C@@]3(c3cn(SC)c4ccccc34)C[C@]2(SS)C(=O)N1C. The third kappa shape index (κ3) is 3.87. The molecule has 0 bridgehead atoms. The van der Waals surface area contributed by atoms with Gasteiger partial charge in [0.1, 0.15) is 6.17 Å². The Labute approximate surface area is 277 Å². The van der Waals surface area contributed by atoms with Crippen molar-refractivity contribution in [3.8, 4) is 0 Å². The normalized spacial score (nSPS) is 26.3. The number of carbonyl (C=O) groups excluding carboxylic acids is 2. The number of amides is 2. The van der Waals surface area contributed by atoms with E-state index < -0.39 is 31.8 Å². The maximum absolute atomic E-state index is 14.8. The molecule has 0 spiro atoms. The number of likely N-dealkylation sites (N-methyl/N-ethyl adjacent to an activating group) is 1. The number of anilines is 1. The summed E-state index contributed by atoms with van der Waals surface area (Å²) in [5.41, 5.74) is 1.97. The molecule has 7 rings (SSSR count). The standard InChI is InChI=1S/C30H28N4O4S6/c1-31-26(42-41-3)25(35)33-27-29(18-30(33,43-39)28(31)36,22-17-32(40-2)23-15-9-7-13-20(22)23)21-14-8-10-16-24(21)34(27)44(37,38)19-11-5-4-6-12-19/h4-17,26-27,39H,18H2,1-3H3/t26-,27-,29+,30-/m0/s1. The zero-order chi connectivity index (χ0) is 31.0. The zero-order valence-electron chi connectivity index (χ0n) is 23.9. The van der Waals surface area contributed by atoms with E-state index in [1.807, 2.05) is 61.2 Å². The third-order valence-corrected chi connectivity index (χ3v) is 15.1. The molecule has 0 N–H and O–H groups in total. The second-order valence-electron chi connectivity index (χ2n) is 10.8. The molecule has 4 aromatic rings. The van der Waals surface area contributed by atoms with Crippen LogP contribution < -0.4 is 4.31 Å². The first-order valence-electron chi connectivity index (χ1n) is 13.7. The van der Waals surface area contributed by atoms with Crippen LogP contribution in [0.3, 0.4) is 0 Å². The number of sulfonamides is 1. The summed E-state index contributed by atoms with van der Waals surface area (Å²) < 4.78 is 33.1. The maximum Gasteiger partial charge on any atom is 0.266 e. The van der Waals surface area contributed by atoms with E-state index >= 15 is 0 Å². The van der Waals surface area contributed by atoms with Crippen molar-refractivity contribution in [1.29, 1.82) is 0 Å². The lowest BCUT2D eigenvalue weighted by Gasteiger charge is -2.49. The summed E-state index contributed by atoms with van der Waals surface area (Å²) in [6.45, 7) is 0. The van der Waals surface area contributed by atoms with E-state index in [9.17, 15) is 18.0 Å². The van der Waals surface area contributed by atoms with Crippen LogP contribution in [0.4, 0.5) is 5.69 Å². The van der Waals surface area contributed by atoms with Crippen molar-refractivity contribution in [2.24, 2.45) is 0 Å². The van der Waals surface area contributed by atoms with Gasteiger partial charge in [-0.25, -0.2) is 12.7 Å². The fourth-order valence-electron chi connectivity index (χ4n) is 7.15. The molecule has 3 aliphatic heterocycles. The van der Waals surface area contributed by atoms with Gasteiger partial charge >= 0.3 is 0 Å². The summed E-state index contributed by atoms with van der Waals surface area (Å²) in [7, 11) is 1.10. The minimum absolute atomic E-state index is 0.108. The number of carbonyl (C=O) groups is 2. The fraction of sp³-hybridized carbons (Fsp3) is 0.267. The number of thiol groups is 1. The van der Waals surface area contributed by atoms with E-state index in [-0.39, 0.29) is 23.1 Å². The van der Waals surface area contributed by atoms with Gasteiger partial charge in [-0.3, -0.25) is 18.5 Å². The number of piperazine rings is 1. The number of hydrogen-bond acceptors (Lipinski definition) is 9. The van der Waals surface area contributed by atoms with Gasteiger partial charge in [-0.2, -0.15) is 0 Å². The highest BCUT2D eigenvalue weighted by Gasteiger charge is 2.75. The summed E-state index contributed by atoms with van der Waals surface area (Å²) in [5.74, 6) is -0.602. The van der Waals surface area contributed by atoms with Gasteiger partial charge in [-0.1, -0.05) is 87.0 Å². The molecule has 3 aliphatic rings. The van der Waals surface area contributed by atoms with Gasteiger partial charge in [0.05, 0.1) is 21.5 Å². The number of benzene rings is 3. The number of para-hydroxylation sites is 2. The molecular formula is C30H28N4O4S6. The molecular weight excluding hydrogens is 673 g/mol. The average molecular weight is 701 g/mol. The van der Waals surface area contributed by atoms with E-state index in [1.54, 1.807) is 48.3 Å². The molecule has 44 heavy (non-hydrogen) atoms. The van der Waals surface area contributed by atoms with Crippen molar-refractivity contribution in [1.82, 2.24) is 13.8 Å². The minimum atomic E-state index is -4.22. The summed E-state index contributed by atoms with van der Waals surface area (Å²) in [5, 5.41) is 0.0995. The van der Waals surface area contributed by atoms with Crippen LogP contribution in [-0.4, -0.2) is 70.0 Å². The molecule has 8 nitrogen and oxygen atoms in total. The Bertz CT molecular complexity index is 1920. The first-order chi connectivity index (χ1) is 21.2. The van der Waals surface area contributed by atoms with Crippen LogP contribution in [-0.2, 0) is 25.0 Å². The van der Waals surface area contributed by atoms with Crippen LogP contribution in [0.25, 0.3) is 10.9 Å². The highest BCUT2D eigenvalue weighted by atomic mass is 33.1. The molecule has 1 aromatic heterocycles. The van der Waals surface area contributed by atoms with E-state index in [1.165, 1.54) is 42.7 Å². The number of fused-ring (bicyclic) bond motifs is 6. The molecule has 2 fully saturated rings. The van der Waals surface area contributed by atoms with Gasteiger partial charge < -0.3 is 4.90 Å². The Morgan fingerprint density at radius 1 is 0.909 bits per heavy atom. The van der Waals surface area contributed by atoms with Crippen molar-refractivity contribution in [2.45, 2.75) is 33.1 Å². The molecule has 0 saturated carbocycles. The quantitative estimate of drug-likeness (QED) is 0.189. The van der Waals surface area contributed by atoms with Crippen LogP contribution in [0.2, 0.25) is 0 Å². The summed E-state index contributed by atoms with van der Waals surface area (Å²) in [6, 6.07) is 23.7. The highest BCUT2D eigenvalue weighted by Crippen LogP contribution is 2.66. The van der Waals surface area contributed by atoms with E-state index in [0.717, 1.165) is 32.8 Å². The molecule has 2 amide bonds. The molecule has 0 unspecified atom stereocenters. The molecule has 0 aliphatic carbocycles. The van der Waals surface area contributed by atoms with E-state index in [4.69, 9.17) is 0 Å². The van der Waals surface area contributed by atoms with Gasteiger partial charge in [0.25, 0.3) is 21.8 Å². The van der Waals surface area contributed by atoms with Gasteiger partial charge in [0, 0.05) is 31.3 Å².